The maximum absolute atomic E-state index is 8.94. The highest BCUT2D eigenvalue weighted by Gasteiger charge is 2.55. The summed E-state index contributed by atoms with van der Waals surface area (Å²) in [5, 5.41) is 9.06. The standard InChI is InChI=1S/C16H27NO4Si/c1-16(2,3)22(5,6)21-15-13-11(7-8-17)9-12(20-13)14(15)19-10-18-4/h7,12-15H,9-10H2,1-6H3/b11-7+/t12-,13+,14-,15-/m1/s1. The van der Waals surface area contributed by atoms with Gasteiger partial charge in [0.05, 0.1) is 12.2 Å². The Balaban J connectivity index is 2.20. The largest absolute Gasteiger partial charge is 0.408 e. The molecule has 0 unspecified atom stereocenters. The van der Waals surface area contributed by atoms with Gasteiger partial charge in [-0.15, -0.1) is 0 Å². The Morgan fingerprint density at radius 1 is 1.36 bits per heavy atom. The first-order valence-corrected chi connectivity index (χ1v) is 10.6. The molecule has 2 aliphatic heterocycles. The van der Waals surface area contributed by atoms with Crippen LogP contribution in [0.3, 0.4) is 0 Å². The van der Waals surface area contributed by atoms with E-state index in [1.165, 1.54) is 0 Å². The van der Waals surface area contributed by atoms with Crippen molar-refractivity contribution in [1.82, 2.24) is 0 Å². The fourth-order valence-electron chi connectivity index (χ4n) is 2.76. The van der Waals surface area contributed by atoms with Gasteiger partial charge < -0.3 is 18.6 Å². The predicted molar refractivity (Wildman–Crippen MR) is 85.8 cm³/mol. The molecule has 0 N–H and O–H groups in total. The van der Waals surface area contributed by atoms with E-state index < -0.39 is 8.32 Å². The van der Waals surface area contributed by atoms with Crippen LogP contribution in [-0.4, -0.2) is 46.6 Å². The molecule has 124 valence electrons. The summed E-state index contributed by atoms with van der Waals surface area (Å²) in [6.45, 7) is 11.3. The minimum atomic E-state index is -1.95. The summed E-state index contributed by atoms with van der Waals surface area (Å²) in [6.07, 6.45) is 1.84. The summed E-state index contributed by atoms with van der Waals surface area (Å²) in [5.41, 5.74) is 1.02. The van der Waals surface area contributed by atoms with Gasteiger partial charge in [0.25, 0.3) is 0 Å². The average molecular weight is 325 g/mol. The summed E-state index contributed by atoms with van der Waals surface area (Å²) in [4.78, 5) is 0. The van der Waals surface area contributed by atoms with Crippen LogP contribution in [0.5, 0.6) is 0 Å². The Bertz CT molecular complexity index is 478. The van der Waals surface area contributed by atoms with Gasteiger partial charge in [-0.25, -0.2) is 0 Å². The van der Waals surface area contributed by atoms with Crippen molar-refractivity contribution in [2.75, 3.05) is 13.9 Å². The molecule has 4 atom stereocenters. The Labute approximate surface area is 134 Å². The van der Waals surface area contributed by atoms with E-state index in [0.29, 0.717) is 0 Å². The highest BCUT2D eigenvalue weighted by Crippen LogP contribution is 2.46. The number of nitriles is 1. The van der Waals surface area contributed by atoms with Crippen molar-refractivity contribution in [2.24, 2.45) is 0 Å². The highest BCUT2D eigenvalue weighted by molar-refractivity contribution is 6.74. The van der Waals surface area contributed by atoms with E-state index in [2.05, 4.69) is 39.9 Å². The zero-order valence-electron chi connectivity index (χ0n) is 14.4. The van der Waals surface area contributed by atoms with E-state index in [9.17, 15) is 0 Å². The number of ether oxygens (including phenoxy) is 3. The van der Waals surface area contributed by atoms with Crippen LogP contribution in [0.15, 0.2) is 11.6 Å². The van der Waals surface area contributed by atoms with Gasteiger partial charge in [-0.05, 0) is 23.7 Å². The van der Waals surface area contributed by atoms with Gasteiger partial charge in [-0.1, -0.05) is 20.8 Å². The van der Waals surface area contributed by atoms with Crippen LogP contribution in [0.2, 0.25) is 18.1 Å². The van der Waals surface area contributed by atoms with Gasteiger partial charge in [0.1, 0.15) is 25.1 Å². The average Bonchev–Trinajstić information content (AvgIpc) is 2.93. The molecule has 6 heteroatoms. The van der Waals surface area contributed by atoms with Crippen molar-refractivity contribution in [3.63, 3.8) is 0 Å². The van der Waals surface area contributed by atoms with E-state index in [1.54, 1.807) is 13.2 Å². The summed E-state index contributed by atoms with van der Waals surface area (Å²) < 4.78 is 23.4. The number of methoxy groups -OCH3 is 1. The Morgan fingerprint density at radius 3 is 2.59 bits per heavy atom. The highest BCUT2D eigenvalue weighted by atomic mass is 28.4. The van der Waals surface area contributed by atoms with E-state index in [1.807, 2.05) is 0 Å². The van der Waals surface area contributed by atoms with Crippen LogP contribution in [0, 0.1) is 11.3 Å². The number of hydrogen-bond acceptors (Lipinski definition) is 5. The lowest BCUT2D eigenvalue weighted by Gasteiger charge is -2.41. The van der Waals surface area contributed by atoms with E-state index >= 15 is 0 Å². The molecule has 0 saturated carbocycles. The van der Waals surface area contributed by atoms with Crippen molar-refractivity contribution in [3.8, 4) is 6.07 Å². The third-order valence-corrected chi connectivity index (χ3v) is 9.45. The molecular formula is C16H27NO4Si. The molecule has 0 aromatic heterocycles. The maximum Gasteiger partial charge on any atom is 0.192 e. The summed E-state index contributed by atoms with van der Waals surface area (Å²) in [6, 6.07) is 2.11. The Morgan fingerprint density at radius 2 is 2.05 bits per heavy atom. The second kappa shape index (κ2) is 6.42. The number of rotatable bonds is 5. The summed E-state index contributed by atoms with van der Waals surface area (Å²) in [7, 11) is -0.342. The fraction of sp³-hybridized carbons (Fsp3) is 0.812. The van der Waals surface area contributed by atoms with Crippen molar-refractivity contribution >= 4 is 8.32 Å². The SMILES string of the molecule is COCO[C@H]1[C@H](O[Si](C)(C)C(C)(C)C)[C@H]2O[C@@H]1C/C2=C\C#N. The zero-order valence-corrected chi connectivity index (χ0v) is 15.4. The van der Waals surface area contributed by atoms with Crippen LogP contribution in [0.1, 0.15) is 27.2 Å². The van der Waals surface area contributed by atoms with E-state index in [-0.39, 0.29) is 36.2 Å². The molecular weight excluding hydrogens is 298 g/mol. The van der Waals surface area contributed by atoms with Gasteiger partial charge in [0.2, 0.25) is 0 Å². The van der Waals surface area contributed by atoms with Crippen molar-refractivity contribution in [2.45, 2.75) is 69.7 Å². The number of allylic oxidation sites excluding steroid dienone is 1. The predicted octanol–water partition coefficient (Wildman–Crippen LogP) is 2.99. The van der Waals surface area contributed by atoms with Crippen LogP contribution >= 0.6 is 0 Å². The fourth-order valence-corrected chi connectivity index (χ4v) is 4.05. The second-order valence-corrected chi connectivity index (χ2v) is 12.3. The molecule has 2 aliphatic rings. The molecule has 0 aromatic carbocycles. The smallest absolute Gasteiger partial charge is 0.192 e. The van der Waals surface area contributed by atoms with Crippen molar-refractivity contribution in [1.29, 1.82) is 5.26 Å². The minimum Gasteiger partial charge on any atom is -0.408 e. The molecule has 2 bridgehead atoms. The first-order valence-electron chi connectivity index (χ1n) is 7.73. The van der Waals surface area contributed by atoms with Gasteiger partial charge in [-0.3, -0.25) is 0 Å². The molecule has 0 radical (unpaired) electrons. The van der Waals surface area contributed by atoms with Gasteiger partial charge in [-0.2, -0.15) is 5.26 Å². The van der Waals surface area contributed by atoms with Gasteiger partial charge in [0.15, 0.2) is 8.32 Å². The Hall–Kier alpha value is -0.713. The van der Waals surface area contributed by atoms with Crippen LogP contribution in [0.25, 0.3) is 0 Å². The summed E-state index contributed by atoms with van der Waals surface area (Å²) >= 11 is 0. The summed E-state index contributed by atoms with van der Waals surface area (Å²) in [5.74, 6) is 0. The lowest BCUT2D eigenvalue weighted by molar-refractivity contribution is -0.112. The van der Waals surface area contributed by atoms with E-state index in [4.69, 9.17) is 23.9 Å². The second-order valence-electron chi connectivity index (χ2n) is 7.53. The molecule has 2 saturated heterocycles. The molecule has 0 spiro atoms. The number of hydrogen-bond donors (Lipinski definition) is 0. The first-order chi connectivity index (χ1) is 10.2. The molecule has 0 aliphatic carbocycles. The monoisotopic (exact) mass is 325 g/mol. The molecule has 5 nitrogen and oxygen atoms in total. The molecule has 2 fully saturated rings. The quantitative estimate of drug-likeness (QED) is 0.442. The first kappa shape index (κ1) is 17.6. The lowest BCUT2D eigenvalue weighted by atomic mass is 9.90. The van der Waals surface area contributed by atoms with Crippen LogP contribution < -0.4 is 0 Å². The van der Waals surface area contributed by atoms with Crippen LogP contribution in [-0.2, 0) is 18.6 Å². The number of nitrogens with zero attached hydrogens (tertiary/aromatic N) is 1. The molecule has 2 heterocycles. The topological polar surface area (TPSA) is 60.7 Å². The van der Waals surface area contributed by atoms with Gasteiger partial charge in [0, 0.05) is 19.6 Å². The molecule has 0 aromatic rings. The zero-order chi connectivity index (χ0) is 16.5. The molecule has 0 amide bonds. The minimum absolute atomic E-state index is 0.0467. The third kappa shape index (κ3) is 3.29. The van der Waals surface area contributed by atoms with Crippen molar-refractivity contribution in [3.05, 3.63) is 11.6 Å². The maximum atomic E-state index is 8.94. The van der Waals surface area contributed by atoms with E-state index in [0.717, 1.165) is 12.0 Å². The Kier molecular flexibility index (Phi) is 5.15. The third-order valence-electron chi connectivity index (χ3n) is 4.98. The molecule has 2 rings (SSSR count). The van der Waals surface area contributed by atoms with Gasteiger partial charge >= 0.3 is 0 Å². The van der Waals surface area contributed by atoms with Crippen LogP contribution in [0.4, 0.5) is 0 Å². The lowest BCUT2D eigenvalue weighted by Crippen LogP contribution is -2.51. The normalized spacial score (nSPS) is 33.4. The molecule has 22 heavy (non-hydrogen) atoms. The van der Waals surface area contributed by atoms with Crippen molar-refractivity contribution < 1.29 is 18.6 Å². The number of fused-ring (bicyclic) bond motifs is 2.